The van der Waals surface area contributed by atoms with E-state index in [0.717, 1.165) is 0 Å². The van der Waals surface area contributed by atoms with Crippen LogP contribution in [0.5, 0.6) is 11.5 Å². The molecule has 156 valence electrons. The molecule has 2 aliphatic rings. The molecule has 7 heteroatoms. The van der Waals surface area contributed by atoms with E-state index in [0.29, 0.717) is 55.0 Å². The van der Waals surface area contributed by atoms with Gasteiger partial charge < -0.3 is 19.7 Å². The highest BCUT2D eigenvalue weighted by Crippen LogP contribution is 2.40. The Morgan fingerprint density at radius 2 is 1.87 bits per heavy atom. The molecule has 2 aliphatic heterocycles. The number of carbonyl (C=O) groups excluding carboxylic acids is 3. The van der Waals surface area contributed by atoms with E-state index in [1.54, 1.807) is 54.5 Å². The summed E-state index contributed by atoms with van der Waals surface area (Å²) in [5.74, 6) is 0.818. The first kappa shape index (κ1) is 19.9. The second-order valence-electron chi connectivity index (χ2n) is 7.68. The normalized spacial score (nSPS) is 17.1. The maximum absolute atomic E-state index is 12.7. The lowest BCUT2D eigenvalue weighted by Crippen LogP contribution is -2.53. The zero-order valence-electron chi connectivity index (χ0n) is 16.8. The molecule has 2 aromatic carbocycles. The van der Waals surface area contributed by atoms with Crippen LogP contribution in [-0.4, -0.2) is 54.8 Å². The van der Waals surface area contributed by atoms with Crippen molar-refractivity contribution in [2.75, 3.05) is 26.7 Å². The number of hydrogen-bond acceptors (Lipinski definition) is 5. The number of ether oxygens (including phenoxy) is 2. The number of amides is 2. The summed E-state index contributed by atoms with van der Waals surface area (Å²) in [6.07, 6.45) is 1.44. The predicted octanol–water partition coefficient (Wildman–Crippen LogP) is 2.45. The van der Waals surface area contributed by atoms with Crippen molar-refractivity contribution in [1.82, 2.24) is 10.2 Å². The van der Waals surface area contributed by atoms with Gasteiger partial charge in [0, 0.05) is 31.5 Å². The quantitative estimate of drug-likeness (QED) is 0.840. The standard InChI is InChI=1S/C23H24N2O5/c1-29-17-7-8-20-18(13-17)19(26)14-23(30-20)9-11-25(12-10-23)21(27)15-24-22(28)16-5-3-2-4-6-16/h2-8,13H,9-12,14-15H2,1H3,(H,24,28). The first-order valence-electron chi connectivity index (χ1n) is 10.0. The molecule has 1 saturated heterocycles. The van der Waals surface area contributed by atoms with E-state index in [9.17, 15) is 14.4 Å². The molecule has 0 aromatic heterocycles. The number of ketones is 1. The maximum Gasteiger partial charge on any atom is 0.251 e. The van der Waals surface area contributed by atoms with Gasteiger partial charge in [-0.1, -0.05) is 18.2 Å². The van der Waals surface area contributed by atoms with Crippen molar-refractivity contribution in [3.63, 3.8) is 0 Å². The molecule has 7 nitrogen and oxygen atoms in total. The van der Waals surface area contributed by atoms with Crippen molar-refractivity contribution in [3.05, 3.63) is 59.7 Å². The van der Waals surface area contributed by atoms with E-state index in [1.807, 2.05) is 6.07 Å². The fraction of sp³-hybridized carbons (Fsp3) is 0.348. The van der Waals surface area contributed by atoms with Gasteiger partial charge in [-0.05, 0) is 30.3 Å². The van der Waals surface area contributed by atoms with E-state index in [1.165, 1.54) is 0 Å². The Morgan fingerprint density at radius 1 is 1.13 bits per heavy atom. The predicted molar refractivity (Wildman–Crippen MR) is 110 cm³/mol. The molecule has 1 N–H and O–H groups in total. The summed E-state index contributed by atoms with van der Waals surface area (Å²) < 4.78 is 11.4. The van der Waals surface area contributed by atoms with Crippen LogP contribution >= 0.6 is 0 Å². The van der Waals surface area contributed by atoms with E-state index < -0.39 is 5.60 Å². The number of benzene rings is 2. The Morgan fingerprint density at radius 3 is 2.57 bits per heavy atom. The van der Waals surface area contributed by atoms with Crippen molar-refractivity contribution in [1.29, 1.82) is 0 Å². The third kappa shape index (κ3) is 4.01. The van der Waals surface area contributed by atoms with Gasteiger partial charge in [-0.25, -0.2) is 0 Å². The number of hydrogen-bond donors (Lipinski definition) is 1. The molecule has 1 fully saturated rings. The molecule has 0 atom stereocenters. The molecule has 2 heterocycles. The minimum absolute atomic E-state index is 0.0325. The summed E-state index contributed by atoms with van der Waals surface area (Å²) in [5, 5.41) is 2.67. The lowest BCUT2D eigenvalue weighted by atomic mass is 9.82. The molecule has 2 aromatic rings. The van der Waals surface area contributed by atoms with E-state index in [2.05, 4.69) is 5.32 Å². The molecule has 0 aliphatic carbocycles. The SMILES string of the molecule is COc1ccc2c(c1)C(=O)CC1(CCN(C(=O)CNC(=O)c3ccccc3)CC1)O2. The third-order valence-corrected chi connectivity index (χ3v) is 5.76. The summed E-state index contributed by atoms with van der Waals surface area (Å²) >= 11 is 0. The van der Waals surface area contributed by atoms with Gasteiger partial charge >= 0.3 is 0 Å². The number of Topliss-reactive ketones (excluding diaryl/α,β-unsaturated/α-hetero) is 1. The molecule has 2 amide bonds. The summed E-state index contributed by atoms with van der Waals surface area (Å²) in [4.78, 5) is 39.1. The first-order chi connectivity index (χ1) is 14.5. The smallest absolute Gasteiger partial charge is 0.251 e. The maximum atomic E-state index is 12.7. The van der Waals surface area contributed by atoms with Crippen molar-refractivity contribution in [2.45, 2.75) is 24.9 Å². The lowest BCUT2D eigenvalue weighted by molar-refractivity contribution is -0.133. The van der Waals surface area contributed by atoms with Gasteiger partial charge in [0.1, 0.15) is 17.1 Å². The molecule has 0 bridgehead atoms. The van der Waals surface area contributed by atoms with Crippen LogP contribution in [-0.2, 0) is 4.79 Å². The van der Waals surface area contributed by atoms with Gasteiger partial charge in [0.05, 0.1) is 25.6 Å². The van der Waals surface area contributed by atoms with Crippen LogP contribution in [0.2, 0.25) is 0 Å². The number of fused-ring (bicyclic) bond motifs is 1. The summed E-state index contributed by atoms with van der Waals surface area (Å²) in [6.45, 7) is 0.917. The zero-order chi connectivity index (χ0) is 21.1. The highest BCUT2D eigenvalue weighted by Gasteiger charge is 2.43. The Bertz CT molecular complexity index is 965. The number of nitrogens with zero attached hydrogens (tertiary/aromatic N) is 1. The van der Waals surface area contributed by atoms with E-state index in [4.69, 9.17) is 9.47 Å². The Hall–Kier alpha value is -3.35. The van der Waals surface area contributed by atoms with Crippen LogP contribution in [0.4, 0.5) is 0 Å². The van der Waals surface area contributed by atoms with E-state index >= 15 is 0 Å². The fourth-order valence-electron chi connectivity index (χ4n) is 4.00. The number of rotatable bonds is 4. The van der Waals surface area contributed by atoms with Crippen LogP contribution in [0, 0.1) is 0 Å². The molecule has 30 heavy (non-hydrogen) atoms. The van der Waals surface area contributed by atoms with Crippen LogP contribution in [0.1, 0.15) is 40.0 Å². The second-order valence-corrected chi connectivity index (χ2v) is 7.68. The van der Waals surface area contributed by atoms with Crippen LogP contribution in [0.3, 0.4) is 0 Å². The zero-order valence-corrected chi connectivity index (χ0v) is 16.8. The van der Waals surface area contributed by atoms with Crippen LogP contribution < -0.4 is 14.8 Å². The number of likely N-dealkylation sites (tertiary alicyclic amines) is 1. The van der Waals surface area contributed by atoms with Crippen LogP contribution in [0.15, 0.2) is 48.5 Å². The lowest BCUT2D eigenvalue weighted by Gasteiger charge is -2.44. The molecule has 0 saturated carbocycles. The number of piperidine rings is 1. The van der Waals surface area contributed by atoms with Crippen molar-refractivity contribution in [2.24, 2.45) is 0 Å². The topological polar surface area (TPSA) is 84.9 Å². The minimum Gasteiger partial charge on any atom is -0.497 e. The van der Waals surface area contributed by atoms with E-state index in [-0.39, 0.29) is 24.1 Å². The molecular formula is C23H24N2O5. The highest BCUT2D eigenvalue weighted by atomic mass is 16.5. The van der Waals surface area contributed by atoms with Gasteiger partial charge in [0.25, 0.3) is 5.91 Å². The monoisotopic (exact) mass is 408 g/mol. The Balaban J connectivity index is 1.34. The average Bonchev–Trinajstić information content (AvgIpc) is 2.78. The van der Waals surface area contributed by atoms with Crippen molar-refractivity contribution in [3.8, 4) is 11.5 Å². The van der Waals surface area contributed by atoms with Gasteiger partial charge in [0.15, 0.2) is 5.78 Å². The second kappa shape index (κ2) is 8.18. The van der Waals surface area contributed by atoms with Gasteiger partial charge in [-0.2, -0.15) is 0 Å². The van der Waals surface area contributed by atoms with Crippen molar-refractivity contribution < 1.29 is 23.9 Å². The molecular weight excluding hydrogens is 384 g/mol. The van der Waals surface area contributed by atoms with Crippen molar-refractivity contribution >= 4 is 17.6 Å². The van der Waals surface area contributed by atoms with Gasteiger partial charge in [-0.3, -0.25) is 14.4 Å². The Kier molecular flexibility index (Phi) is 5.44. The summed E-state index contributed by atoms with van der Waals surface area (Å²) in [7, 11) is 1.56. The number of nitrogens with one attached hydrogen (secondary N) is 1. The summed E-state index contributed by atoms with van der Waals surface area (Å²) in [6, 6.07) is 14.0. The van der Waals surface area contributed by atoms with Crippen LogP contribution in [0.25, 0.3) is 0 Å². The molecule has 0 radical (unpaired) electrons. The molecule has 0 unspecified atom stereocenters. The number of carbonyl (C=O) groups is 3. The fourth-order valence-corrected chi connectivity index (χ4v) is 4.00. The van der Waals surface area contributed by atoms with Gasteiger partial charge in [0.2, 0.25) is 5.91 Å². The first-order valence-corrected chi connectivity index (χ1v) is 10.0. The third-order valence-electron chi connectivity index (χ3n) is 5.76. The largest absolute Gasteiger partial charge is 0.497 e. The molecule has 1 spiro atoms. The van der Waals surface area contributed by atoms with Gasteiger partial charge in [-0.15, -0.1) is 0 Å². The Labute approximate surface area is 175 Å². The molecule has 4 rings (SSSR count). The summed E-state index contributed by atoms with van der Waals surface area (Å²) in [5.41, 5.74) is 0.484. The highest BCUT2D eigenvalue weighted by molar-refractivity contribution is 6.01. The average molecular weight is 408 g/mol. The number of methoxy groups -OCH3 is 1. The minimum atomic E-state index is -0.581.